The van der Waals surface area contributed by atoms with Gasteiger partial charge >= 0.3 is 0 Å². The highest BCUT2D eigenvalue weighted by Crippen LogP contribution is 2.25. The lowest BCUT2D eigenvalue weighted by atomic mass is 9.89. The number of aryl methyl sites for hydroxylation is 1. The highest BCUT2D eigenvalue weighted by molar-refractivity contribution is 5.86. The molecule has 1 fully saturated rings. The van der Waals surface area contributed by atoms with Gasteiger partial charge in [-0.2, -0.15) is 0 Å². The molecule has 0 bridgehead atoms. The normalized spacial score (nSPS) is 17.9. The Kier molecular flexibility index (Phi) is 7.89. The van der Waals surface area contributed by atoms with Crippen LogP contribution in [0.1, 0.15) is 50.7 Å². The summed E-state index contributed by atoms with van der Waals surface area (Å²) < 4.78 is 0. The molecule has 1 aromatic rings. The first-order chi connectivity index (χ1) is 12.5. The molecule has 0 spiro atoms. The predicted molar refractivity (Wildman–Crippen MR) is 109 cm³/mol. The standard InChI is InChI=1S/C22H33N3O/c1-5-7-18(3)21-8-6-13-25(16-21)22(26)15-24-19(4)23-14-20-11-9-17(2)10-12-20/h9-12,21H,3,5-8,13-16H2,1-2,4H3,(H,23,24). The molecule has 0 aromatic heterocycles. The number of benzene rings is 1. The van der Waals surface area contributed by atoms with Gasteiger partial charge in [-0.25, -0.2) is 0 Å². The number of aliphatic imine (C=N–C) groups is 1. The Bertz CT molecular complexity index is 633. The Balaban J connectivity index is 1.78. The van der Waals surface area contributed by atoms with Crippen molar-refractivity contribution in [2.24, 2.45) is 10.9 Å². The van der Waals surface area contributed by atoms with Crippen molar-refractivity contribution in [2.45, 2.75) is 53.0 Å². The van der Waals surface area contributed by atoms with Crippen LogP contribution in [-0.4, -0.2) is 36.3 Å². The van der Waals surface area contributed by atoms with Gasteiger partial charge in [-0.15, -0.1) is 0 Å². The van der Waals surface area contributed by atoms with Gasteiger partial charge in [0.1, 0.15) is 0 Å². The van der Waals surface area contributed by atoms with Gasteiger partial charge in [0, 0.05) is 13.1 Å². The number of amidine groups is 1. The van der Waals surface area contributed by atoms with E-state index >= 15 is 0 Å². The molecular weight excluding hydrogens is 322 g/mol. The summed E-state index contributed by atoms with van der Waals surface area (Å²) in [5.41, 5.74) is 3.73. The van der Waals surface area contributed by atoms with Crippen LogP contribution < -0.4 is 5.32 Å². The van der Waals surface area contributed by atoms with Crippen LogP contribution in [0.2, 0.25) is 0 Å². The first kappa shape index (κ1) is 20.2. The molecule has 26 heavy (non-hydrogen) atoms. The summed E-state index contributed by atoms with van der Waals surface area (Å²) in [6.45, 7) is 13.0. The number of likely N-dealkylation sites (tertiary alicyclic amines) is 1. The van der Waals surface area contributed by atoms with Crippen LogP contribution in [0.25, 0.3) is 0 Å². The van der Waals surface area contributed by atoms with Crippen molar-refractivity contribution in [1.82, 2.24) is 10.2 Å². The molecule has 1 N–H and O–H groups in total. The van der Waals surface area contributed by atoms with E-state index in [-0.39, 0.29) is 5.91 Å². The van der Waals surface area contributed by atoms with E-state index in [0.29, 0.717) is 19.0 Å². The minimum absolute atomic E-state index is 0.156. The van der Waals surface area contributed by atoms with Crippen molar-refractivity contribution in [3.63, 3.8) is 0 Å². The van der Waals surface area contributed by atoms with E-state index in [4.69, 9.17) is 0 Å². The average Bonchev–Trinajstić information content (AvgIpc) is 2.66. The topological polar surface area (TPSA) is 44.7 Å². The molecule has 0 saturated carbocycles. The molecule has 0 radical (unpaired) electrons. The Labute approximate surface area is 158 Å². The van der Waals surface area contributed by atoms with Crippen LogP contribution in [0.5, 0.6) is 0 Å². The number of carbonyl (C=O) groups is 1. The lowest BCUT2D eigenvalue weighted by Crippen LogP contribution is -2.45. The Morgan fingerprint density at radius 1 is 1.35 bits per heavy atom. The Hall–Kier alpha value is -2.10. The average molecular weight is 356 g/mol. The van der Waals surface area contributed by atoms with Crippen molar-refractivity contribution < 1.29 is 4.79 Å². The molecule has 1 amide bonds. The SMILES string of the molecule is C=C(CCC)C1CCCN(C(=O)CNC(C)=NCc2ccc(C)cc2)C1. The van der Waals surface area contributed by atoms with Crippen LogP contribution in [0.4, 0.5) is 0 Å². The van der Waals surface area contributed by atoms with Crippen LogP contribution >= 0.6 is 0 Å². The summed E-state index contributed by atoms with van der Waals surface area (Å²) >= 11 is 0. The van der Waals surface area contributed by atoms with Gasteiger partial charge in [0.15, 0.2) is 0 Å². The fraction of sp³-hybridized carbons (Fsp3) is 0.545. The number of rotatable bonds is 7. The van der Waals surface area contributed by atoms with E-state index in [2.05, 4.69) is 55.0 Å². The largest absolute Gasteiger partial charge is 0.365 e. The van der Waals surface area contributed by atoms with E-state index in [1.165, 1.54) is 16.7 Å². The van der Waals surface area contributed by atoms with Gasteiger partial charge in [-0.05, 0) is 44.6 Å². The maximum atomic E-state index is 12.5. The molecule has 1 aliphatic rings. The minimum Gasteiger partial charge on any atom is -0.365 e. The molecule has 1 saturated heterocycles. The van der Waals surface area contributed by atoms with Crippen LogP contribution in [0.3, 0.4) is 0 Å². The summed E-state index contributed by atoms with van der Waals surface area (Å²) in [5, 5.41) is 3.17. The number of nitrogens with zero attached hydrogens (tertiary/aromatic N) is 2. The Morgan fingerprint density at radius 3 is 2.77 bits per heavy atom. The molecule has 1 aromatic carbocycles. The summed E-state index contributed by atoms with van der Waals surface area (Å²) in [5.74, 6) is 1.43. The van der Waals surface area contributed by atoms with Gasteiger partial charge in [0.2, 0.25) is 5.91 Å². The quantitative estimate of drug-likeness (QED) is 0.455. The predicted octanol–water partition coefficient (Wildman–Crippen LogP) is 4.10. The van der Waals surface area contributed by atoms with Gasteiger partial charge < -0.3 is 10.2 Å². The van der Waals surface area contributed by atoms with Crippen molar-refractivity contribution in [3.05, 3.63) is 47.5 Å². The molecule has 0 aliphatic carbocycles. The minimum atomic E-state index is 0.156. The first-order valence-corrected chi connectivity index (χ1v) is 9.75. The summed E-state index contributed by atoms with van der Waals surface area (Å²) in [7, 11) is 0. The van der Waals surface area contributed by atoms with Crippen molar-refractivity contribution in [2.75, 3.05) is 19.6 Å². The van der Waals surface area contributed by atoms with E-state index in [0.717, 1.165) is 44.6 Å². The molecule has 142 valence electrons. The third-order valence-electron chi connectivity index (χ3n) is 5.04. The lowest BCUT2D eigenvalue weighted by Gasteiger charge is -2.34. The second-order valence-electron chi connectivity index (χ2n) is 7.33. The van der Waals surface area contributed by atoms with Crippen LogP contribution in [0, 0.1) is 12.8 Å². The molecule has 4 heteroatoms. The van der Waals surface area contributed by atoms with E-state index in [1.54, 1.807) is 0 Å². The van der Waals surface area contributed by atoms with Crippen molar-refractivity contribution in [1.29, 1.82) is 0 Å². The second kappa shape index (κ2) is 10.1. The number of hydrogen-bond donors (Lipinski definition) is 1. The van der Waals surface area contributed by atoms with E-state index in [9.17, 15) is 4.79 Å². The van der Waals surface area contributed by atoms with E-state index < -0.39 is 0 Å². The monoisotopic (exact) mass is 355 g/mol. The second-order valence-corrected chi connectivity index (χ2v) is 7.33. The molecular formula is C22H33N3O. The zero-order valence-corrected chi connectivity index (χ0v) is 16.6. The highest BCUT2D eigenvalue weighted by Gasteiger charge is 2.24. The third-order valence-corrected chi connectivity index (χ3v) is 5.04. The fourth-order valence-corrected chi connectivity index (χ4v) is 3.34. The number of nitrogens with one attached hydrogen (secondary N) is 1. The van der Waals surface area contributed by atoms with Gasteiger partial charge in [-0.3, -0.25) is 9.79 Å². The van der Waals surface area contributed by atoms with E-state index in [1.807, 2.05) is 11.8 Å². The Morgan fingerprint density at radius 2 is 2.08 bits per heavy atom. The lowest BCUT2D eigenvalue weighted by molar-refractivity contribution is -0.131. The van der Waals surface area contributed by atoms with Crippen molar-refractivity contribution >= 4 is 11.7 Å². The van der Waals surface area contributed by atoms with Gasteiger partial charge in [0.25, 0.3) is 0 Å². The smallest absolute Gasteiger partial charge is 0.241 e. The third kappa shape index (κ3) is 6.32. The summed E-state index contributed by atoms with van der Waals surface area (Å²) in [4.78, 5) is 19.0. The maximum absolute atomic E-state index is 12.5. The van der Waals surface area contributed by atoms with Crippen LogP contribution in [-0.2, 0) is 11.3 Å². The van der Waals surface area contributed by atoms with Crippen molar-refractivity contribution in [3.8, 4) is 0 Å². The maximum Gasteiger partial charge on any atom is 0.241 e. The zero-order valence-electron chi connectivity index (χ0n) is 16.6. The van der Waals surface area contributed by atoms with Gasteiger partial charge in [-0.1, -0.05) is 55.3 Å². The number of piperidine rings is 1. The summed E-state index contributed by atoms with van der Waals surface area (Å²) in [6.07, 6.45) is 4.42. The molecule has 4 nitrogen and oxygen atoms in total. The molecule has 1 atom stereocenters. The number of amides is 1. The number of carbonyl (C=O) groups excluding carboxylic acids is 1. The molecule has 2 rings (SSSR count). The van der Waals surface area contributed by atoms with Crippen LogP contribution in [0.15, 0.2) is 41.4 Å². The molecule has 1 unspecified atom stereocenters. The highest BCUT2D eigenvalue weighted by atomic mass is 16.2. The van der Waals surface area contributed by atoms with Gasteiger partial charge in [0.05, 0.1) is 18.9 Å². The molecule has 1 heterocycles. The number of hydrogen-bond acceptors (Lipinski definition) is 2. The first-order valence-electron chi connectivity index (χ1n) is 9.75. The summed E-state index contributed by atoms with van der Waals surface area (Å²) in [6, 6.07) is 8.37. The zero-order chi connectivity index (χ0) is 18.9. The molecule has 1 aliphatic heterocycles. The fourth-order valence-electron chi connectivity index (χ4n) is 3.34.